The number of aromatic nitrogens is 1. The zero-order chi connectivity index (χ0) is 20.3. The molecular formula is C16H14N4O6S2. The molecule has 0 aliphatic heterocycles. The number of nitro groups is 2. The van der Waals surface area contributed by atoms with E-state index in [1.807, 2.05) is 6.92 Å². The van der Waals surface area contributed by atoms with Gasteiger partial charge in [0.25, 0.3) is 11.6 Å². The first-order valence-electron chi connectivity index (χ1n) is 8.09. The Kier molecular flexibility index (Phi) is 5.92. The molecule has 12 heteroatoms. The molecule has 1 amide bonds. The Bertz CT molecular complexity index is 1130. The lowest BCUT2D eigenvalue weighted by Crippen LogP contribution is -2.19. The molecule has 0 saturated carbocycles. The smallest absolute Gasteiger partial charge is 0.324 e. The Balaban J connectivity index is 2.06. The minimum Gasteiger partial charge on any atom is -0.380 e. The van der Waals surface area contributed by atoms with E-state index in [1.165, 1.54) is 24.3 Å². The van der Waals surface area contributed by atoms with Gasteiger partial charge in [-0.15, -0.1) is 0 Å². The third-order valence-electron chi connectivity index (χ3n) is 3.72. The van der Waals surface area contributed by atoms with Crippen molar-refractivity contribution in [1.82, 2.24) is 4.57 Å². The number of amides is 1. The summed E-state index contributed by atoms with van der Waals surface area (Å²) < 4.78 is 7.72. The summed E-state index contributed by atoms with van der Waals surface area (Å²) in [4.78, 5) is 37.8. The summed E-state index contributed by atoms with van der Waals surface area (Å²) in [5.41, 5.74) is 0.636. The van der Waals surface area contributed by atoms with Gasteiger partial charge < -0.3 is 9.30 Å². The van der Waals surface area contributed by atoms with Gasteiger partial charge in [0.2, 0.25) is 0 Å². The molecule has 3 aromatic rings. The van der Waals surface area contributed by atoms with Crippen LogP contribution in [0.2, 0.25) is 0 Å². The number of nitro benzene ring substituents is 1. The third kappa shape index (κ3) is 4.13. The molecule has 0 bridgehead atoms. The third-order valence-corrected chi connectivity index (χ3v) is 5.79. The SMILES string of the molecule is CCOCCn1c(=NC(=O)c2ccc([N+](=O)[O-])s2)sc2cc([N+](=O)[O-])ccc21. The highest BCUT2D eigenvalue weighted by Crippen LogP contribution is 2.25. The number of nitrogens with zero attached hydrogens (tertiary/aromatic N) is 4. The molecule has 0 atom stereocenters. The normalized spacial score (nSPS) is 11.8. The molecule has 0 spiro atoms. The van der Waals surface area contributed by atoms with E-state index in [9.17, 15) is 25.0 Å². The Labute approximate surface area is 165 Å². The maximum Gasteiger partial charge on any atom is 0.324 e. The second kappa shape index (κ2) is 8.37. The van der Waals surface area contributed by atoms with Crippen LogP contribution in [0, 0.1) is 20.2 Å². The summed E-state index contributed by atoms with van der Waals surface area (Å²) in [6.07, 6.45) is 0. The van der Waals surface area contributed by atoms with Crippen LogP contribution in [-0.2, 0) is 11.3 Å². The van der Waals surface area contributed by atoms with Crippen molar-refractivity contribution in [2.45, 2.75) is 13.5 Å². The fourth-order valence-corrected chi connectivity index (χ4v) is 4.25. The molecular weight excluding hydrogens is 408 g/mol. The molecule has 2 heterocycles. The topological polar surface area (TPSA) is 130 Å². The number of ether oxygens (including phenoxy) is 1. The highest BCUT2D eigenvalue weighted by Gasteiger charge is 2.16. The van der Waals surface area contributed by atoms with E-state index in [1.54, 1.807) is 10.6 Å². The average Bonchev–Trinajstić information content (AvgIpc) is 3.27. The first kappa shape index (κ1) is 19.8. The molecule has 1 aromatic carbocycles. The number of fused-ring (bicyclic) bond motifs is 1. The minimum atomic E-state index is -0.607. The van der Waals surface area contributed by atoms with E-state index in [0.717, 1.165) is 22.7 Å². The van der Waals surface area contributed by atoms with Crippen LogP contribution in [0.3, 0.4) is 0 Å². The standard InChI is InChI=1S/C16H14N4O6S2/c1-2-26-8-7-18-11-4-3-10(19(22)23)9-13(11)28-16(18)17-15(21)12-5-6-14(27-12)20(24)25/h3-6,9H,2,7-8H2,1H3. The Morgan fingerprint density at radius 2 is 1.96 bits per heavy atom. The summed E-state index contributed by atoms with van der Waals surface area (Å²) >= 11 is 1.88. The quantitative estimate of drug-likeness (QED) is 0.326. The van der Waals surface area contributed by atoms with Crippen LogP contribution < -0.4 is 4.80 Å². The maximum absolute atomic E-state index is 12.5. The second-order valence-electron chi connectivity index (χ2n) is 5.45. The van der Waals surface area contributed by atoms with Crippen molar-refractivity contribution in [3.63, 3.8) is 0 Å². The van der Waals surface area contributed by atoms with E-state index in [0.29, 0.717) is 34.8 Å². The average molecular weight is 422 g/mol. The van der Waals surface area contributed by atoms with E-state index in [4.69, 9.17) is 4.74 Å². The Morgan fingerprint density at radius 3 is 2.61 bits per heavy atom. The first-order valence-corrected chi connectivity index (χ1v) is 9.72. The number of thiophene rings is 1. The van der Waals surface area contributed by atoms with Gasteiger partial charge >= 0.3 is 5.00 Å². The van der Waals surface area contributed by atoms with Gasteiger partial charge in [-0.25, -0.2) is 0 Å². The number of hydrogen-bond acceptors (Lipinski definition) is 8. The predicted octanol–water partition coefficient (Wildman–Crippen LogP) is 3.36. The van der Waals surface area contributed by atoms with Gasteiger partial charge in [0.1, 0.15) is 4.88 Å². The zero-order valence-corrected chi connectivity index (χ0v) is 16.2. The predicted molar refractivity (Wildman–Crippen MR) is 104 cm³/mol. The van der Waals surface area contributed by atoms with Crippen LogP contribution in [0.15, 0.2) is 35.3 Å². The fourth-order valence-electron chi connectivity index (χ4n) is 2.46. The highest BCUT2D eigenvalue weighted by molar-refractivity contribution is 7.17. The lowest BCUT2D eigenvalue weighted by atomic mass is 10.3. The molecule has 10 nitrogen and oxygen atoms in total. The fraction of sp³-hybridized carbons (Fsp3) is 0.250. The van der Waals surface area contributed by atoms with Crippen molar-refractivity contribution < 1.29 is 19.4 Å². The molecule has 0 N–H and O–H groups in total. The van der Waals surface area contributed by atoms with Crippen molar-refractivity contribution >= 4 is 49.5 Å². The van der Waals surface area contributed by atoms with E-state index < -0.39 is 15.8 Å². The molecule has 0 aliphatic carbocycles. The lowest BCUT2D eigenvalue weighted by molar-refractivity contribution is -0.384. The molecule has 0 unspecified atom stereocenters. The Hall–Kier alpha value is -2.96. The van der Waals surface area contributed by atoms with E-state index >= 15 is 0 Å². The molecule has 0 aliphatic rings. The van der Waals surface area contributed by atoms with E-state index in [-0.39, 0.29) is 15.6 Å². The number of hydrogen-bond donors (Lipinski definition) is 0. The van der Waals surface area contributed by atoms with Crippen LogP contribution in [0.5, 0.6) is 0 Å². The number of benzene rings is 1. The second-order valence-corrected chi connectivity index (χ2v) is 7.53. The van der Waals surface area contributed by atoms with Gasteiger partial charge in [0.05, 0.1) is 26.7 Å². The molecule has 3 rings (SSSR count). The monoisotopic (exact) mass is 422 g/mol. The lowest BCUT2D eigenvalue weighted by Gasteiger charge is -2.05. The number of carbonyl (C=O) groups is 1. The molecule has 0 radical (unpaired) electrons. The highest BCUT2D eigenvalue weighted by atomic mass is 32.1. The van der Waals surface area contributed by atoms with Crippen molar-refractivity contribution in [2.24, 2.45) is 4.99 Å². The van der Waals surface area contributed by atoms with Gasteiger partial charge in [-0.2, -0.15) is 4.99 Å². The van der Waals surface area contributed by atoms with E-state index in [2.05, 4.69) is 4.99 Å². The van der Waals surface area contributed by atoms with Crippen molar-refractivity contribution in [3.8, 4) is 0 Å². The van der Waals surface area contributed by atoms with Gasteiger partial charge in [-0.3, -0.25) is 25.0 Å². The number of rotatable bonds is 7. The molecule has 0 saturated heterocycles. The molecule has 146 valence electrons. The van der Waals surface area contributed by atoms with Crippen molar-refractivity contribution in [3.05, 3.63) is 60.2 Å². The van der Waals surface area contributed by atoms with Crippen LogP contribution in [-0.4, -0.2) is 33.5 Å². The minimum absolute atomic E-state index is 0.0579. The van der Waals surface area contributed by atoms with Gasteiger partial charge in [-0.1, -0.05) is 22.7 Å². The summed E-state index contributed by atoms with van der Waals surface area (Å²) in [7, 11) is 0. The summed E-state index contributed by atoms with van der Waals surface area (Å²) in [6, 6.07) is 7.04. The number of carbonyl (C=O) groups excluding carboxylic acids is 1. The van der Waals surface area contributed by atoms with Crippen LogP contribution in [0.1, 0.15) is 16.6 Å². The summed E-state index contributed by atoms with van der Waals surface area (Å²) in [5, 5.41) is 21.7. The van der Waals surface area contributed by atoms with Gasteiger partial charge in [-0.05, 0) is 19.1 Å². The van der Waals surface area contributed by atoms with Gasteiger partial charge in [0.15, 0.2) is 4.80 Å². The summed E-state index contributed by atoms with van der Waals surface area (Å²) in [6.45, 7) is 3.17. The maximum atomic E-state index is 12.5. The van der Waals surface area contributed by atoms with Crippen molar-refractivity contribution in [1.29, 1.82) is 0 Å². The van der Waals surface area contributed by atoms with Crippen LogP contribution in [0.4, 0.5) is 10.7 Å². The first-order chi connectivity index (χ1) is 13.4. The largest absolute Gasteiger partial charge is 0.380 e. The van der Waals surface area contributed by atoms with Gasteiger partial charge in [0, 0.05) is 31.4 Å². The number of non-ortho nitro benzene ring substituents is 1. The molecule has 0 fully saturated rings. The van der Waals surface area contributed by atoms with Crippen molar-refractivity contribution in [2.75, 3.05) is 13.2 Å². The molecule has 2 aromatic heterocycles. The zero-order valence-electron chi connectivity index (χ0n) is 14.6. The summed E-state index contributed by atoms with van der Waals surface area (Å²) in [5.74, 6) is -0.607. The van der Waals surface area contributed by atoms with Crippen LogP contribution >= 0.6 is 22.7 Å². The molecule has 28 heavy (non-hydrogen) atoms. The number of thiazole rings is 1. The Morgan fingerprint density at radius 1 is 1.18 bits per heavy atom. The van der Waals surface area contributed by atoms with Crippen LogP contribution in [0.25, 0.3) is 10.2 Å².